The number of halogens is 3. The molecule has 0 fully saturated rings. The van der Waals surface area contributed by atoms with Gasteiger partial charge in [0, 0.05) is 23.9 Å². The molecule has 2 atom stereocenters. The highest BCUT2D eigenvalue weighted by Crippen LogP contribution is 2.48. The minimum atomic E-state index is -4.58. The lowest BCUT2D eigenvalue weighted by Crippen LogP contribution is -2.49. The van der Waals surface area contributed by atoms with Crippen LogP contribution in [0.25, 0.3) is 0 Å². The second-order valence-corrected chi connectivity index (χ2v) is 10.8. The lowest BCUT2D eigenvalue weighted by Gasteiger charge is -2.33. The summed E-state index contributed by atoms with van der Waals surface area (Å²) in [5.41, 5.74) is -0.0460. The van der Waals surface area contributed by atoms with Gasteiger partial charge in [0.25, 0.3) is 5.91 Å². The number of hydrogen-bond donors (Lipinski definition) is 1. The predicted octanol–water partition coefficient (Wildman–Crippen LogP) is 6.21. The number of alkyl halides is 3. The molecule has 5 nitrogen and oxygen atoms in total. The van der Waals surface area contributed by atoms with E-state index in [-0.39, 0.29) is 30.0 Å². The number of nitrogens with zero attached hydrogens (tertiary/aromatic N) is 2. The first-order valence-corrected chi connectivity index (χ1v) is 12.5. The topological polar surface area (TPSA) is 61.8 Å². The van der Waals surface area contributed by atoms with Crippen LogP contribution in [-0.4, -0.2) is 35.0 Å². The number of hydrogen-bond acceptors (Lipinski definition) is 3. The lowest BCUT2D eigenvalue weighted by molar-refractivity contribution is -0.137. The fourth-order valence-corrected chi connectivity index (χ4v) is 5.38. The Labute approximate surface area is 219 Å². The highest BCUT2D eigenvalue weighted by atomic mass is 19.4. The van der Waals surface area contributed by atoms with Crippen molar-refractivity contribution in [2.24, 2.45) is 4.99 Å². The second kappa shape index (κ2) is 9.11. The predicted molar refractivity (Wildman–Crippen MR) is 140 cm³/mol. The van der Waals surface area contributed by atoms with Crippen LogP contribution in [0.4, 0.5) is 18.9 Å². The van der Waals surface area contributed by atoms with Gasteiger partial charge in [0.1, 0.15) is 6.04 Å². The Morgan fingerprint density at radius 1 is 0.974 bits per heavy atom. The molecule has 0 aliphatic carbocycles. The number of nitrogens with one attached hydrogen (secondary N) is 1. The normalized spacial score (nSPS) is 19.6. The molecule has 0 bridgehead atoms. The number of benzene rings is 3. The van der Waals surface area contributed by atoms with Crippen molar-refractivity contribution in [3.05, 3.63) is 101 Å². The SMILES string of the molecule is CC(C)(C)NC(=O)C(c1ccccc1)N1CCC2(C=Nc3ccccc32)c2cc(C(F)(F)F)ccc2C1=O. The van der Waals surface area contributed by atoms with E-state index in [1.165, 1.54) is 11.0 Å². The molecule has 8 heteroatoms. The number of carbonyl (C=O) groups excluding carboxylic acids is 2. The zero-order chi connectivity index (χ0) is 27.3. The van der Waals surface area contributed by atoms with E-state index in [4.69, 9.17) is 0 Å². The van der Waals surface area contributed by atoms with Gasteiger partial charge in [-0.05, 0) is 68.1 Å². The van der Waals surface area contributed by atoms with E-state index >= 15 is 0 Å². The van der Waals surface area contributed by atoms with E-state index in [1.807, 2.05) is 51.1 Å². The maximum Gasteiger partial charge on any atom is 0.416 e. The average Bonchev–Trinajstić information content (AvgIpc) is 3.18. The third kappa shape index (κ3) is 4.48. The molecule has 0 saturated heterocycles. The van der Waals surface area contributed by atoms with Gasteiger partial charge in [-0.15, -0.1) is 0 Å². The molecule has 38 heavy (non-hydrogen) atoms. The number of aliphatic imine (C=N–C) groups is 1. The van der Waals surface area contributed by atoms with Crippen molar-refractivity contribution in [2.45, 2.75) is 50.4 Å². The fraction of sp³-hybridized carbons (Fsp3) is 0.300. The van der Waals surface area contributed by atoms with Crippen molar-refractivity contribution in [3.8, 4) is 0 Å². The first kappa shape index (κ1) is 25.7. The van der Waals surface area contributed by atoms with Crippen LogP contribution in [-0.2, 0) is 16.4 Å². The minimum Gasteiger partial charge on any atom is -0.349 e. The highest BCUT2D eigenvalue weighted by Gasteiger charge is 2.47. The van der Waals surface area contributed by atoms with E-state index < -0.39 is 34.6 Å². The molecule has 2 aliphatic rings. The molecule has 5 rings (SSSR count). The van der Waals surface area contributed by atoms with Crippen molar-refractivity contribution in [1.82, 2.24) is 10.2 Å². The zero-order valence-corrected chi connectivity index (χ0v) is 21.3. The van der Waals surface area contributed by atoms with Crippen molar-refractivity contribution < 1.29 is 22.8 Å². The Hall–Kier alpha value is -3.94. The van der Waals surface area contributed by atoms with Gasteiger partial charge >= 0.3 is 6.18 Å². The summed E-state index contributed by atoms with van der Waals surface area (Å²) >= 11 is 0. The maximum absolute atomic E-state index is 14.2. The van der Waals surface area contributed by atoms with E-state index in [2.05, 4.69) is 10.3 Å². The Bertz CT molecular complexity index is 1430. The van der Waals surface area contributed by atoms with Crippen LogP contribution in [0.1, 0.15) is 65.8 Å². The van der Waals surface area contributed by atoms with Crippen molar-refractivity contribution in [2.75, 3.05) is 6.54 Å². The molecule has 2 heterocycles. The zero-order valence-electron chi connectivity index (χ0n) is 21.3. The quantitative estimate of drug-likeness (QED) is 0.447. The molecule has 2 amide bonds. The third-order valence-electron chi connectivity index (χ3n) is 7.05. The molecule has 0 saturated carbocycles. The summed E-state index contributed by atoms with van der Waals surface area (Å²) in [6.45, 7) is 5.69. The van der Waals surface area contributed by atoms with Gasteiger partial charge in [0.15, 0.2) is 0 Å². The van der Waals surface area contributed by atoms with Gasteiger partial charge in [0.05, 0.1) is 16.7 Å². The van der Waals surface area contributed by atoms with Gasteiger partial charge in [-0.25, -0.2) is 0 Å². The van der Waals surface area contributed by atoms with Crippen molar-refractivity contribution in [3.63, 3.8) is 0 Å². The summed E-state index contributed by atoms with van der Waals surface area (Å²) in [5, 5.41) is 2.98. The van der Waals surface area contributed by atoms with E-state index in [0.717, 1.165) is 17.7 Å². The number of fused-ring (bicyclic) bond motifs is 4. The van der Waals surface area contributed by atoms with E-state index in [1.54, 1.807) is 30.5 Å². The molecule has 3 aromatic rings. The standard InChI is InChI=1S/C30H28F3N3O2/c1-28(2,3)35-26(37)25(19-9-5-4-6-10-19)36-16-15-29(18-34-24-12-8-7-11-22(24)29)23-17-20(30(31,32)33)13-14-21(23)27(36)38/h4-14,17-18,25H,15-16H2,1-3H3,(H,35,37). The van der Waals surface area contributed by atoms with Crippen molar-refractivity contribution >= 4 is 23.7 Å². The third-order valence-corrected chi connectivity index (χ3v) is 7.05. The summed E-state index contributed by atoms with van der Waals surface area (Å²) in [6, 6.07) is 18.5. The molecule has 3 aromatic carbocycles. The summed E-state index contributed by atoms with van der Waals surface area (Å²) < 4.78 is 41.5. The number of carbonyl (C=O) groups is 2. The summed E-state index contributed by atoms with van der Waals surface area (Å²) in [4.78, 5) is 33.8. The Morgan fingerprint density at radius 3 is 2.34 bits per heavy atom. The summed E-state index contributed by atoms with van der Waals surface area (Å²) in [5.74, 6) is -0.858. The van der Waals surface area contributed by atoms with Crippen molar-refractivity contribution in [1.29, 1.82) is 0 Å². The highest BCUT2D eigenvalue weighted by molar-refractivity contribution is 6.03. The Balaban J connectivity index is 1.70. The Kier molecular flexibility index (Phi) is 6.16. The van der Waals surface area contributed by atoms with Crippen LogP contribution in [0, 0.1) is 0 Å². The largest absolute Gasteiger partial charge is 0.416 e. The van der Waals surface area contributed by atoms with Gasteiger partial charge in [-0.2, -0.15) is 13.2 Å². The molecular weight excluding hydrogens is 491 g/mol. The number of para-hydroxylation sites is 1. The summed E-state index contributed by atoms with van der Waals surface area (Å²) in [6.07, 6.45) is -2.67. The monoisotopic (exact) mass is 519 g/mol. The molecule has 0 radical (unpaired) electrons. The van der Waals surface area contributed by atoms with E-state index in [0.29, 0.717) is 11.3 Å². The Morgan fingerprint density at radius 2 is 1.66 bits per heavy atom. The molecule has 1 N–H and O–H groups in total. The molecule has 1 spiro atoms. The smallest absolute Gasteiger partial charge is 0.349 e. The minimum absolute atomic E-state index is 0.128. The second-order valence-electron chi connectivity index (χ2n) is 10.8. The molecule has 2 aliphatic heterocycles. The van der Waals surface area contributed by atoms with Gasteiger partial charge < -0.3 is 10.2 Å². The maximum atomic E-state index is 14.2. The number of rotatable bonds is 3. The average molecular weight is 520 g/mol. The fourth-order valence-electron chi connectivity index (χ4n) is 5.38. The van der Waals surface area contributed by atoms with E-state index in [9.17, 15) is 22.8 Å². The van der Waals surface area contributed by atoms with Crippen LogP contribution in [0.15, 0.2) is 77.8 Å². The van der Waals surface area contributed by atoms with Gasteiger partial charge in [-0.3, -0.25) is 14.6 Å². The van der Waals surface area contributed by atoms with Crippen LogP contribution in [0.2, 0.25) is 0 Å². The van der Waals surface area contributed by atoms with Crippen LogP contribution < -0.4 is 5.32 Å². The molecule has 2 unspecified atom stereocenters. The van der Waals surface area contributed by atoms with Crippen LogP contribution in [0.3, 0.4) is 0 Å². The molecule has 0 aromatic heterocycles. The first-order chi connectivity index (χ1) is 17.9. The van der Waals surface area contributed by atoms with Gasteiger partial charge in [0.2, 0.25) is 5.91 Å². The summed E-state index contributed by atoms with van der Waals surface area (Å²) in [7, 11) is 0. The molecular formula is C30H28F3N3O2. The lowest BCUT2D eigenvalue weighted by atomic mass is 9.72. The number of amides is 2. The molecule has 196 valence electrons. The van der Waals surface area contributed by atoms with Crippen LogP contribution >= 0.6 is 0 Å². The van der Waals surface area contributed by atoms with Crippen LogP contribution in [0.5, 0.6) is 0 Å². The first-order valence-electron chi connectivity index (χ1n) is 12.5. The van der Waals surface area contributed by atoms with Gasteiger partial charge in [-0.1, -0.05) is 48.5 Å².